The van der Waals surface area contributed by atoms with Crippen molar-refractivity contribution in [3.05, 3.63) is 0 Å². The van der Waals surface area contributed by atoms with Crippen LogP contribution in [0, 0.1) is 34.0 Å². The van der Waals surface area contributed by atoms with Gasteiger partial charge in [-0.25, -0.2) is 0 Å². The van der Waals surface area contributed by atoms with E-state index in [1.54, 1.807) is 6.92 Å². The predicted molar refractivity (Wildman–Crippen MR) is 90.7 cm³/mol. The van der Waals surface area contributed by atoms with E-state index in [2.05, 4.69) is 0 Å². The highest BCUT2D eigenvalue weighted by Crippen LogP contribution is 2.72. The van der Waals surface area contributed by atoms with E-state index in [4.69, 9.17) is 0 Å². The highest BCUT2D eigenvalue weighted by molar-refractivity contribution is 5.91. The molecule has 0 aliphatic heterocycles. The lowest BCUT2D eigenvalue weighted by Crippen LogP contribution is -2.71. The Balaban J connectivity index is 1.87. The van der Waals surface area contributed by atoms with Crippen LogP contribution in [0.15, 0.2) is 0 Å². The first-order valence-corrected chi connectivity index (χ1v) is 9.72. The molecule has 140 valence electrons. The van der Waals surface area contributed by atoms with Crippen molar-refractivity contribution in [2.75, 3.05) is 0 Å². The molecule has 1 spiro atoms. The van der Waals surface area contributed by atoms with Crippen LogP contribution in [0.25, 0.3) is 0 Å². The minimum Gasteiger partial charge on any atom is -0.481 e. The monoisotopic (exact) mass is 350 g/mol. The van der Waals surface area contributed by atoms with Gasteiger partial charge in [0.15, 0.2) is 0 Å². The van der Waals surface area contributed by atoms with Gasteiger partial charge in [-0.05, 0) is 50.9 Å². The van der Waals surface area contributed by atoms with Gasteiger partial charge in [0.25, 0.3) is 0 Å². The number of aliphatic carboxylic acids is 1. The normalized spacial score (nSPS) is 57.7. The van der Waals surface area contributed by atoms with Gasteiger partial charge in [0.05, 0.1) is 22.5 Å². The van der Waals surface area contributed by atoms with Gasteiger partial charge < -0.3 is 15.3 Å². The van der Waals surface area contributed by atoms with E-state index >= 15 is 0 Å². The zero-order chi connectivity index (χ0) is 18.4. The molecule has 8 atom stereocenters. The maximum absolute atomic E-state index is 13.2. The Morgan fingerprint density at radius 3 is 2.48 bits per heavy atom. The summed E-state index contributed by atoms with van der Waals surface area (Å²) in [4.78, 5) is 25.3. The van der Waals surface area contributed by atoms with Gasteiger partial charge in [0.1, 0.15) is 5.78 Å². The molecular formula is C20H30O5. The molecule has 3 N–H and O–H groups in total. The number of aliphatic hydroxyl groups is 2. The number of aliphatic hydroxyl groups excluding tert-OH is 1. The fourth-order valence-corrected chi connectivity index (χ4v) is 7.67. The summed E-state index contributed by atoms with van der Waals surface area (Å²) in [6.45, 7) is 5.68. The van der Waals surface area contributed by atoms with E-state index in [0.717, 1.165) is 12.8 Å². The fourth-order valence-electron chi connectivity index (χ4n) is 7.67. The minimum absolute atomic E-state index is 0.0672. The zero-order valence-electron chi connectivity index (χ0n) is 15.4. The average molecular weight is 350 g/mol. The summed E-state index contributed by atoms with van der Waals surface area (Å²) >= 11 is 0. The van der Waals surface area contributed by atoms with Crippen molar-refractivity contribution >= 4 is 11.8 Å². The second-order valence-corrected chi connectivity index (χ2v) is 9.82. The summed E-state index contributed by atoms with van der Waals surface area (Å²) in [5.41, 5.74) is -3.63. The summed E-state index contributed by atoms with van der Waals surface area (Å²) in [5.74, 6) is -1.17. The molecular weight excluding hydrogens is 320 g/mol. The van der Waals surface area contributed by atoms with Gasteiger partial charge in [-0.1, -0.05) is 20.3 Å². The van der Waals surface area contributed by atoms with Gasteiger partial charge in [-0.3, -0.25) is 9.59 Å². The predicted octanol–water partition coefficient (Wildman–Crippen LogP) is 2.38. The Bertz CT molecular complexity index is 646. The quantitative estimate of drug-likeness (QED) is 0.675. The van der Waals surface area contributed by atoms with Crippen LogP contribution in [-0.2, 0) is 9.59 Å². The second-order valence-electron chi connectivity index (χ2n) is 9.82. The van der Waals surface area contributed by atoms with Crippen LogP contribution < -0.4 is 0 Å². The van der Waals surface area contributed by atoms with Gasteiger partial charge in [0, 0.05) is 17.8 Å². The summed E-state index contributed by atoms with van der Waals surface area (Å²) in [5, 5.41) is 32.6. The molecule has 0 aromatic rings. The Labute approximate surface area is 148 Å². The van der Waals surface area contributed by atoms with Crippen LogP contribution in [-0.4, -0.2) is 38.8 Å². The number of carboxylic acids is 1. The molecule has 0 saturated heterocycles. The number of carbonyl (C=O) groups is 2. The van der Waals surface area contributed by atoms with E-state index in [9.17, 15) is 24.9 Å². The first-order chi connectivity index (χ1) is 11.5. The zero-order valence-corrected chi connectivity index (χ0v) is 15.4. The topological polar surface area (TPSA) is 94.8 Å². The van der Waals surface area contributed by atoms with E-state index in [-0.39, 0.29) is 30.0 Å². The van der Waals surface area contributed by atoms with Crippen molar-refractivity contribution in [2.45, 2.75) is 77.4 Å². The van der Waals surface area contributed by atoms with Crippen molar-refractivity contribution in [1.82, 2.24) is 0 Å². The third-order valence-electron chi connectivity index (χ3n) is 9.13. The smallest absolute Gasteiger partial charge is 0.309 e. The van der Waals surface area contributed by atoms with E-state index in [1.807, 2.05) is 13.8 Å². The van der Waals surface area contributed by atoms with Crippen LogP contribution in [0.4, 0.5) is 0 Å². The van der Waals surface area contributed by atoms with Gasteiger partial charge >= 0.3 is 5.97 Å². The Morgan fingerprint density at radius 2 is 1.84 bits per heavy atom. The van der Waals surface area contributed by atoms with Gasteiger partial charge in [0.2, 0.25) is 0 Å². The van der Waals surface area contributed by atoms with Crippen molar-refractivity contribution in [1.29, 1.82) is 0 Å². The third-order valence-corrected chi connectivity index (χ3v) is 9.13. The first-order valence-electron chi connectivity index (χ1n) is 9.72. The lowest BCUT2D eigenvalue weighted by molar-refractivity contribution is -0.266. The Kier molecular flexibility index (Phi) is 3.40. The molecule has 4 aliphatic rings. The molecule has 5 nitrogen and oxygen atoms in total. The molecule has 25 heavy (non-hydrogen) atoms. The summed E-state index contributed by atoms with van der Waals surface area (Å²) in [7, 11) is 0. The summed E-state index contributed by atoms with van der Waals surface area (Å²) in [6.07, 6.45) is 3.36. The summed E-state index contributed by atoms with van der Waals surface area (Å²) < 4.78 is 0. The number of hydrogen-bond donors (Lipinski definition) is 3. The molecule has 0 heterocycles. The molecule has 5 heteroatoms. The molecule has 4 rings (SSSR count). The van der Waals surface area contributed by atoms with Crippen LogP contribution in [0.1, 0.15) is 65.7 Å². The maximum atomic E-state index is 13.2. The highest BCUT2D eigenvalue weighted by Gasteiger charge is 2.76. The van der Waals surface area contributed by atoms with Crippen molar-refractivity contribution < 1.29 is 24.9 Å². The largest absolute Gasteiger partial charge is 0.481 e. The Hall–Kier alpha value is -0.940. The van der Waals surface area contributed by atoms with Gasteiger partial charge in [-0.15, -0.1) is 0 Å². The molecule has 0 aromatic carbocycles. The number of fused-ring (bicyclic) bond motifs is 3. The maximum Gasteiger partial charge on any atom is 0.309 e. The van der Waals surface area contributed by atoms with E-state index in [1.165, 1.54) is 0 Å². The number of Topliss-reactive ketones (excluding diaryl/α,β-unsaturated/α-hetero) is 1. The second kappa shape index (κ2) is 4.86. The molecule has 4 fully saturated rings. The number of rotatable bonds is 1. The molecule has 4 aliphatic carbocycles. The Morgan fingerprint density at radius 1 is 1.16 bits per heavy atom. The van der Waals surface area contributed by atoms with Crippen molar-refractivity contribution in [2.24, 2.45) is 34.0 Å². The molecule has 0 radical (unpaired) electrons. The lowest BCUT2D eigenvalue weighted by atomic mass is 9.38. The third kappa shape index (κ3) is 1.72. The van der Waals surface area contributed by atoms with Crippen LogP contribution in [0.2, 0.25) is 0 Å². The molecule has 0 aromatic heterocycles. The number of hydrogen-bond acceptors (Lipinski definition) is 4. The average Bonchev–Trinajstić information content (AvgIpc) is 2.76. The molecule has 0 amide bonds. The lowest BCUT2D eigenvalue weighted by Gasteiger charge is -2.67. The number of carboxylic acid groups (broad SMARTS) is 1. The summed E-state index contributed by atoms with van der Waals surface area (Å²) in [6, 6.07) is 0. The van der Waals surface area contributed by atoms with Crippen LogP contribution in [0.5, 0.6) is 0 Å². The molecule has 2 bridgehead atoms. The van der Waals surface area contributed by atoms with Crippen molar-refractivity contribution in [3.63, 3.8) is 0 Å². The first kappa shape index (κ1) is 17.5. The van der Waals surface area contributed by atoms with Crippen LogP contribution >= 0.6 is 0 Å². The number of carbonyl (C=O) groups excluding carboxylic acids is 1. The highest BCUT2D eigenvalue weighted by atomic mass is 16.4. The molecule has 0 unspecified atom stereocenters. The van der Waals surface area contributed by atoms with Crippen LogP contribution in [0.3, 0.4) is 0 Å². The SMILES string of the molecule is C[C@H]1C(=O)[C@@]23CC[C@@H]4[C@](C)(C(=O)O)CCC[C@@]4(C)[C@]2(O)C[C@@H](O)[C@H]1C3. The fraction of sp³-hybridized carbons (Fsp3) is 0.900. The van der Waals surface area contributed by atoms with E-state index in [0.29, 0.717) is 25.7 Å². The van der Waals surface area contributed by atoms with Gasteiger partial charge in [-0.2, -0.15) is 0 Å². The standard InChI is InChI=1S/C20H30O5/c1-11-12-9-19(15(11)22)8-5-14-17(2,16(23)24)6-4-7-18(14,3)20(19,25)10-13(12)21/h11-14,21,25H,4-10H2,1-3H3,(H,23,24)/t11-,12+,13-,14-,17-,18-,19+,20-/m1/s1. The van der Waals surface area contributed by atoms with E-state index < -0.39 is 33.9 Å². The van der Waals surface area contributed by atoms with Crippen molar-refractivity contribution in [3.8, 4) is 0 Å². The molecule has 4 saturated carbocycles. The number of ketones is 1. The minimum atomic E-state index is -1.31.